The maximum atomic E-state index is 14.8. The van der Waals surface area contributed by atoms with Crippen molar-refractivity contribution in [2.75, 3.05) is 0 Å². The Morgan fingerprint density at radius 3 is 2.20 bits per heavy atom. The number of Topliss-reactive ketones (excluding diaryl/α,β-unsaturated/α-hetero) is 2. The number of aliphatic hydroxyl groups excluding tert-OH is 1. The van der Waals surface area contributed by atoms with E-state index in [1.807, 2.05) is 32.9 Å². The smallest absolute Gasteiger partial charge is 0.211 e. The summed E-state index contributed by atoms with van der Waals surface area (Å²) in [7, 11) is 0. The zero-order chi connectivity index (χ0) is 36.0. The fourth-order valence-corrected chi connectivity index (χ4v) is 7.05. The van der Waals surface area contributed by atoms with Crippen molar-refractivity contribution < 1.29 is 50.1 Å². The van der Waals surface area contributed by atoms with E-state index in [9.17, 15) is 45.3 Å². The van der Waals surface area contributed by atoms with Crippen molar-refractivity contribution in [1.82, 2.24) is 0 Å². The van der Waals surface area contributed by atoms with Crippen molar-refractivity contribution in [1.29, 1.82) is 0 Å². The number of hydrogen-bond donors (Lipinski definition) is 7. The normalized spacial score (nSPS) is 21.5. The molecule has 0 fully saturated rings. The van der Waals surface area contributed by atoms with Crippen LogP contribution in [-0.2, 0) is 11.2 Å². The molecule has 0 bridgehead atoms. The molecule has 5 unspecified atom stereocenters. The van der Waals surface area contributed by atoms with E-state index in [0.29, 0.717) is 17.5 Å². The number of phenols is 6. The van der Waals surface area contributed by atoms with Gasteiger partial charge >= 0.3 is 0 Å². The number of rotatable bonds is 7. The van der Waals surface area contributed by atoms with Crippen molar-refractivity contribution in [2.24, 2.45) is 5.92 Å². The second-order valence-corrected chi connectivity index (χ2v) is 13.3. The summed E-state index contributed by atoms with van der Waals surface area (Å²) in [4.78, 5) is 28.2. The second-order valence-electron chi connectivity index (χ2n) is 13.3. The van der Waals surface area contributed by atoms with Gasteiger partial charge in [-0.2, -0.15) is 0 Å². The van der Waals surface area contributed by atoms with Gasteiger partial charge in [0.25, 0.3) is 0 Å². The number of carbonyl (C=O) groups is 2. The van der Waals surface area contributed by atoms with Crippen LogP contribution in [0.1, 0.15) is 89.4 Å². The molecule has 0 saturated carbocycles. The van der Waals surface area contributed by atoms with Gasteiger partial charge in [-0.25, -0.2) is 0 Å². The van der Waals surface area contributed by atoms with E-state index in [2.05, 4.69) is 0 Å². The molecule has 6 rings (SSSR count). The summed E-state index contributed by atoms with van der Waals surface area (Å²) in [5.74, 6) is -4.85. The fraction of sp³-hybridized carbons (Fsp3) is 0.250. The standard InChI is InChI=1S/C40H38O10/c1-19(2)4-8-25-31(43)13-11-27(36(25)46)37(47)35-28(14-20(3)15-29(35)24-9-6-22(41)17-33(24)45)21-5-12-32(44)30(16-21)40-39(49)38(48)26-10-7-23(42)18-34(26)50-40/h4-7,9-14,16-18,28-29,35,38,40-46,48H,8,15H2,1-3H3. The lowest BCUT2D eigenvalue weighted by atomic mass is 9.65. The Labute approximate surface area is 288 Å². The molecule has 5 atom stereocenters. The summed E-state index contributed by atoms with van der Waals surface area (Å²) in [6.07, 6.45) is 1.20. The molecule has 1 aliphatic heterocycles. The predicted octanol–water partition coefficient (Wildman–Crippen LogP) is 6.88. The summed E-state index contributed by atoms with van der Waals surface area (Å²) in [6, 6.07) is 15.4. The fourth-order valence-electron chi connectivity index (χ4n) is 7.05. The first kappa shape index (κ1) is 34.1. The van der Waals surface area contributed by atoms with Crippen LogP contribution in [0.15, 0.2) is 90.0 Å². The molecule has 0 saturated heterocycles. The number of carbonyl (C=O) groups excluding carboxylic acids is 2. The largest absolute Gasteiger partial charge is 0.508 e. The summed E-state index contributed by atoms with van der Waals surface area (Å²) in [6.45, 7) is 5.63. The van der Waals surface area contributed by atoms with Crippen molar-refractivity contribution in [2.45, 2.75) is 57.7 Å². The molecule has 7 N–H and O–H groups in total. The van der Waals surface area contributed by atoms with Gasteiger partial charge in [-0.15, -0.1) is 0 Å². The third-order valence-corrected chi connectivity index (χ3v) is 9.56. The van der Waals surface area contributed by atoms with Gasteiger partial charge in [-0.3, -0.25) is 9.59 Å². The maximum Gasteiger partial charge on any atom is 0.211 e. The van der Waals surface area contributed by atoms with E-state index in [4.69, 9.17) is 4.74 Å². The quantitative estimate of drug-likeness (QED) is 0.0803. The number of hydrogen-bond acceptors (Lipinski definition) is 10. The number of aromatic hydroxyl groups is 6. The van der Waals surface area contributed by atoms with Crippen molar-refractivity contribution >= 4 is 11.6 Å². The van der Waals surface area contributed by atoms with Gasteiger partial charge in [-0.05, 0) is 87.2 Å². The van der Waals surface area contributed by atoms with Crippen LogP contribution in [0.2, 0.25) is 0 Å². The van der Waals surface area contributed by atoms with Crippen LogP contribution < -0.4 is 4.74 Å². The lowest BCUT2D eigenvalue weighted by Gasteiger charge is -2.37. The Hall–Kier alpha value is -5.74. The molecule has 258 valence electrons. The second kappa shape index (κ2) is 13.3. The number of ether oxygens (including phenoxy) is 1. The molecule has 0 spiro atoms. The predicted molar refractivity (Wildman–Crippen MR) is 184 cm³/mol. The molecular weight excluding hydrogens is 640 g/mol. The first-order chi connectivity index (χ1) is 23.7. The minimum Gasteiger partial charge on any atom is -0.508 e. The zero-order valence-electron chi connectivity index (χ0n) is 27.7. The van der Waals surface area contributed by atoms with Gasteiger partial charge in [0, 0.05) is 46.6 Å². The third-order valence-electron chi connectivity index (χ3n) is 9.56. The van der Waals surface area contributed by atoms with E-state index in [-0.39, 0.29) is 68.9 Å². The minimum atomic E-state index is -1.58. The molecule has 10 heteroatoms. The molecule has 1 heterocycles. The number of benzene rings is 4. The van der Waals surface area contributed by atoms with E-state index in [1.165, 1.54) is 54.6 Å². The van der Waals surface area contributed by atoms with Crippen LogP contribution in [0.4, 0.5) is 0 Å². The van der Waals surface area contributed by atoms with Crippen LogP contribution in [-0.4, -0.2) is 47.3 Å². The third kappa shape index (κ3) is 6.25. The number of ketones is 2. The molecule has 0 aromatic heterocycles. The molecular formula is C40H38O10. The average Bonchev–Trinajstić information content (AvgIpc) is 3.06. The SMILES string of the molecule is CC(C)=CCc1c(O)ccc(C(=O)C2C(c3ccc(O)c(C4Oc5cc(O)ccc5C(O)C4=O)c3)C=C(C)CC2c2ccc(O)cc2O)c1O. The summed E-state index contributed by atoms with van der Waals surface area (Å²) >= 11 is 0. The van der Waals surface area contributed by atoms with Gasteiger partial charge in [0.2, 0.25) is 5.78 Å². The molecule has 10 nitrogen and oxygen atoms in total. The molecule has 50 heavy (non-hydrogen) atoms. The van der Waals surface area contributed by atoms with E-state index >= 15 is 0 Å². The van der Waals surface area contributed by atoms with Crippen LogP contribution in [0.3, 0.4) is 0 Å². The topological polar surface area (TPSA) is 185 Å². The highest BCUT2D eigenvalue weighted by Crippen LogP contribution is 2.51. The lowest BCUT2D eigenvalue weighted by Crippen LogP contribution is -2.32. The highest BCUT2D eigenvalue weighted by Gasteiger charge is 2.43. The Balaban J connectivity index is 1.50. The maximum absolute atomic E-state index is 14.8. The molecule has 2 aliphatic rings. The van der Waals surface area contributed by atoms with Gasteiger partial charge in [0.05, 0.1) is 5.56 Å². The van der Waals surface area contributed by atoms with E-state index in [1.54, 1.807) is 12.1 Å². The van der Waals surface area contributed by atoms with E-state index < -0.39 is 41.5 Å². The van der Waals surface area contributed by atoms with E-state index in [0.717, 1.165) is 11.1 Å². The van der Waals surface area contributed by atoms with Gasteiger partial charge in [0.15, 0.2) is 11.9 Å². The van der Waals surface area contributed by atoms with Crippen molar-refractivity contribution in [3.05, 3.63) is 123 Å². The number of fused-ring (bicyclic) bond motifs is 1. The van der Waals surface area contributed by atoms with Gasteiger partial charge in [0.1, 0.15) is 46.4 Å². The molecule has 4 aromatic rings. The summed E-state index contributed by atoms with van der Waals surface area (Å²) in [5, 5.41) is 75.0. The van der Waals surface area contributed by atoms with Crippen molar-refractivity contribution in [3.8, 4) is 40.2 Å². The Morgan fingerprint density at radius 1 is 0.820 bits per heavy atom. The molecule has 4 aromatic carbocycles. The Kier molecular flexibility index (Phi) is 9.07. The van der Waals surface area contributed by atoms with Gasteiger partial charge < -0.3 is 40.5 Å². The number of aliphatic hydroxyl groups is 1. The average molecular weight is 679 g/mol. The Bertz CT molecular complexity index is 2070. The first-order valence-corrected chi connectivity index (χ1v) is 16.2. The highest BCUT2D eigenvalue weighted by molar-refractivity contribution is 6.02. The summed E-state index contributed by atoms with van der Waals surface area (Å²) < 4.78 is 5.94. The molecule has 1 aliphatic carbocycles. The molecule has 0 radical (unpaired) electrons. The number of allylic oxidation sites excluding steroid dienone is 4. The van der Waals surface area contributed by atoms with Crippen LogP contribution in [0, 0.1) is 5.92 Å². The lowest BCUT2D eigenvalue weighted by molar-refractivity contribution is -0.137. The van der Waals surface area contributed by atoms with Crippen LogP contribution in [0.5, 0.6) is 40.2 Å². The molecule has 0 amide bonds. The highest BCUT2D eigenvalue weighted by atomic mass is 16.5. The van der Waals surface area contributed by atoms with Crippen LogP contribution >= 0.6 is 0 Å². The zero-order valence-corrected chi connectivity index (χ0v) is 27.7. The Morgan fingerprint density at radius 2 is 1.50 bits per heavy atom. The monoisotopic (exact) mass is 678 g/mol. The number of phenolic OH excluding ortho intramolecular Hbond substituents is 6. The first-order valence-electron chi connectivity index (χ1n) is 16.2. The van der Waals surface area contributed by atoms with Crippen LogP contribution in [0.25, 0.3) is 0 Å². The minimum absolute atomic E-state index is 0.0314. The van der Waals surface area contributed by atoms with Gasteiger partial charge in [-0.1, -0.05) is 35.4 Å². The van der Waals surface area contributed by atoms with Crippen molar-refractivity contribution in [3.63, 3.8) is 0 Å². The summed E-state index contributed by atoms with van der Waals surface area (Å²) in [5.41, 5.74) is 3.07.